The van der Waals surface area contributed by atoms with Crippen molar-refractivity contribution in [1.29, 1.82) is 0 Å². The Morgan fingerprint density at radius 3 is 2.89 bits per heavy atom. The fourth-order valence-electron chi connectivity index (χ4n) is 3.86. The molecule has 2 aromatic rings. The lowest BCUT2D eigenvalue weighted by atomic mass is 10.0. The first-order chi connectivity index (χ1) is 13.1. The molecule has 1 aliphatic carbocycles. The Labute approximate surface area is 159 Å². The monoisotopic (exact) mass is 364 g/mol. The van der Waals surface area contributed by atoms with E-state index in [9.17, 15) is 0 Å². The van der Waals surface area contributed by atoms with E-state index in [0.717, 1.165) is 61.1 Å². The van der Waals surface area contributed by atoms with E-state index in [1.165, 1.54) is 5.56 Å². The van der Waals surface area contributed by atoms with Crippen molar-refractivity contribution in [3.05, 3.63) is 47.4 Å². The van der Waals surface area contributed by atoms with Crippen molar-refractivity contribution in [3.8, 4) is 5.75 Å². The summed E-state index contributed by atoms with van der Waals surface area (Å²) in [5.74, 6) is 1.83. The highest BCUT2D eigenvalue weighted by Crippen LogP contribution is 2.42. The molecule has 0 bridgehead atoms. The minimum Gasteiger partial charge on any atom is -0.491 e. The van der Waals surface area contributed by atoms with E-state index in [-0.39, 0.29) is 11.7 Å². The number of morpholine rings is 1. The van der Waals surface area contributed by atoms with Crippen LogP contribution in [-0.2, 0) is 11.3 Å². The molecule has 0 radical (unpaired) electrons. The Kier molecular flexibility index (Phi) is 3.90. The molecule has 1 spiro atoms. The van der Waals surface area contributed by atoms with E-state index in [2.05, 4.69) is 33.1 Å². The molecule has 2 fully saturated rings. The molecule has 27 heavy (non-hydrogen) atoms. The molecule has 0 unspecified atom stereocenters. The third-order valence-electron chi connectivity index (χ3n) is 5.39. The van der Waals surface area contributed by atoms with Gasteiger partial charge >= 0.3 is 0 Å². The number of nitrogens with zero attached hydrogens (tertiary/aromatic N) is 4. The van der Waals surface area contributed by atoms with Crippen LogP contribution in [0.4, 0.5) is 5.82 Å². The van der Waals surface area contributed by atoms with Crippen LogP contribution < -0.4 is 9.64 Å². The lowest BCUT2D eigenvalue weighted by molar-refractivity contribution is 0.0203. The van der Waals surface area contributed by atoms with Crippen LogP contribution in [0.5, 0.6) is 5.75 Å². The number of benzene rings is 1. The predicted molar refractivity (Wildman–Crippen MR) is 104 cm³/mol. The molecular weight excluding hydrogens is 340 g/mol. The van der Waals surface area contributed by atoms with Gasteiger partial charge in [-0.15, -0.1) is 0 Å². The number of anilines is 1. The Hall–Kier alpha value is -2.47. The van der Waals surface area contributed by atoms with Crippen LogP contribution in [0.25, 0.3) is 0 Å². The number of aromatic nitrogens is 2. The van der Waals surface area contributed by atoms with E-state index < -0.39 is 0 Å². The summed E-state index contributed by atoms with van der Waals surface area (Å²) in [7, 11) is 0. The summed E-state index contributed by atoms with van der Waals surface area (Å²) in [6.45, 7) is 7.31. The van der Waals surface area contributed by atoms with Gasteiger partial charge in [-0.25, -0.2) is 9.97 Å². The molecule has 1 aromatic heterocycles. The van der Waals surface area contributed by atoms with Crippen LogP contribution in [-0.4, -0.2) is 47.1 Å². The molecule has 1 saturated heterocycles. The van der Waals surface area contributed by atoms with E-state index in [4.69, 9.17) is 14.5 Å². The van der Waals surface area contributed by atoms with Gasteiger partial charge in [0.1, 0.15) is 17.9 Å². The van der Waals surface area contributed by atoms with Crippen LogP contribution in [0.2, 0.25) is 0 Å². The number of hydrogen-bond donors (Lipinski definition) is 0. The number of aliphatic imine (C=N–C) groups is 1. The van der Waals surface area contributed by atoms with Gasteiger partial charge in [0, 0.05) is 24.7 Å². The largest absolute Gasteiger partial charge is 0.491 e. The van der Waals surface area contributed by atoms with Crippen LogP contribution in [0.15, 0.2) is 35.6 Å². The van der Waals surface area contributed by atoms with Crippen molar-refractivity contribution in [2.75, 3.05) is 24.6 Å². The molecule has 140 valence electrons. The van der Waals surface area contributed by atoms with Gasteiger partial charge in [0.25, 0.3) is 0 Å². The molecule has 2 aliphatic heterocycles. The molecule has 1 saturated carbocycles. The normalized spacial score (nSPS) is 20.0. The first-order valence-corrected chi connectivity index (χ1v) is 9.68. The fraction of sp³-hybridized carbons (Fsp3) is 0.476. The van der Waals surface area contributed by atoms with Gasteiger partial charge in [0.15, 0.2) is 0 Å². The zero-order chi connectivity index (χ0) is 18.4. The number of fused-ring (bicyclic) bond motifs is 1. The number of ether oxygens (including phenoxy) is 2. The van der Waals surface area contributed by atoms with Crippen molar-refractivity contribution in [3.63, 3.8) is 0 Å². The van der Waals surface area contributed by atoms with E-state index in [0.29, 0.717) is 6.54 Å². The second-order valence-electron chi connectivity index (χ2n) is 7.86. The molecular formula is C21H24N4O2. The van der Waals surface area contributed by atoms with Gasteiger partial charge in [-0.3, -0.25) is 4.99 Å². The Morgan fingerprint density at radius 1 is 1.19 bits per heavy atom. The fourth-order valence-corrected chi connectivity index (χ4v) is 3.86. The first kappa shape index (κ1) is 16.7. The van der Waals surface area contributed by atoms with Crippen LogP contribution >= 0.6 is 0 Å². The topological polar surface area (TPSA) is 59.8 Å². The SMILES string of the molecule is CC(C)Oc1ccc2c(c1)C(c1cc(N3CCOC4(CC4)C3)ncn1)=NC2. The molecule has 0 amide bonds. The van der Waals surface area contributed by atoms with Crippen molar-refractivity contribution in [1.82, 2.24) is 9.97 Å². The van der Waals surface area contributed by atoms with Crippen LogP contribution in [0.1, 0.15) is 43.5 Å². The Bertz CT molecular complexity index is 905. The summed E-state index contributed by atoms with van der Waals surface area (Å²) in [5, 5.41) is 0. The minimum absolute atomic E-state index is 0.0733. The van der Waals surface area contributed by atoms with Crippen molar-refractivity contribution in [2.45, 2.75) is 44.9 Å². The molecule has 6 nitrogen and oxygen atoms in total. The summed E-state index contributed by atoms with van der Waals surface area (Å²) >= 11 is 0. The summed E-state index contributed by atoms with van der Waals surface area (Å²) in [6, 6.07) is 8.26. The number of rotatable bonds is 4. The third kappa shape index (κ3) is 3.18. The summed E-state index contributed by atoms with van der Waals surface area (Å²) < 4.78 is 11.8. The maximum Gasteiger partial charge on any atom is 0.132 e. The van der Waals surface area contributed by atoms with Gasteiger partial charge in [0.2, 0.25) is 0 Å². The minimum atomic E-state index is 0.0733. The summed E-state index contributed by atoms with van der Waals surface area (Å²) in [4.78, 5) is 16.1. The molecule has 0 atom stereocenters. The standard InChI is InChI=1S/C21H24N4O2/c1-14(2)27-16-4-3-15-11-22-20(17(15)9-16)18-10-19(24-13-23-18)25-7-8-26-21(12-25)5-6-21/h3-4,9-10,13-14H,5-8,11-12H2,1-2H3. The van der Waals surface area contributed by atoms with E-state index in [1.807, 2.05) is 19.9 Å². The lowest BCUT2D eigenvalue weighted by Gasteiger charge is -2.34. The maximum absolute atomic E-state index is 5.93. The highest BCUT2D eigenvalue weighted by atomic mass is 16.5. The molecule has 6 heteroatoms. The lowest BCUT2D eigenvalue weighted by Crippen LogP contribution is -2.44. The van der Waals surface area contributed by atoms with Crippen molar-refractivity contribution >= 4 is 11.5 Å². The molecule has 3 heterocycles. The first-order valence-electron chi connectivity index (χ1n) is 9.68. The van der Waals surface area contributed by atoms with Crippen LogP contribution in [0.3, 0.4) is 0 Å². The van der Waals surface area contributed by atoms with Gasteiger partial charge in [0.05, 0.1) is 36.3 Å². The third-order valence-corrected chi connectivity index (χ3v) is 5.39. The molecule has 1 aromatic carbocycles. The van der Waals surface area contributed by atoms with Crippen molar-refractivity contribution < 1.29 is 9.47 Å². The summed E-state index contributed by atoms with van der Waals surface area (Å²) in [5.41, 5.74) is 4.20. The van der Waals surface area contributed by atoms with Gasteiger partial charge in [-0.1, -0.05) is 6.07 Å². The maximum atomic E-state index is 5.93. The van der Waals surface area contributed by atoms with Gasteiger partial charge in [-0.2, -0.15) is 0 Å². The Balaban J connectivity index is 1.43. The van der Waals surface area contributed by atoms with E-state index in [1.54, 1.807) is 6.33 Å². The average Bonchev–Trinajstić information content (AvgIpc) is 3.27. The van der Waals surface area contributed by atoms with Gasteiger partial charge < -0.3 is 14.4 Å². The predicted octanol–water partition coefficient (Wildman–Crippen LogP) is 2.98. The highest BCUT2D eigenvalue weighted by Gasteiger charge is 2.47. The molecule has 5 rings (SSSR count). The van der Waals surface area contributed by atoms with Crippen molar-refractivity contribution in [2.24, 2.45) is 4.99 Å². The summed E-state index contributed by atoms with van der Waals surface area (Å²) in [6.07, 6.45) is 4.10. The smallest absolute Gasteiger partial charge is 0.132 e. The second kappa shape index (κ2) is 6.30. The molecule has 0 N–H and O–H groups in total. The van der Waals surface area contributed by atoms with Crippen LogP contribution in [0, 0.1) is 0 Å². The molecule has 3 aliphatic rings. The van der Waals surface area contributed by atoms with Gasteiger partial charge in [-0.05, 0) is 44.4 Å². The zero-order valence-corrected chi connectivity index (χ0v) is 15.8. The zero-order valence-electron chi connectivity index (χ0n) is 15.8. The second-order valence-corrected chi connectivity index (χ2v) is 7.86. The average molecular weight is 364 g/mol. The van der Waals surface area contributed by atoms with E-state index >= 15 is 0 Å². The number of hydrogen-bond acceptors (Lipinski definition) is 6. The Morgan fingerprint density at radius 2 is 2.07 bits per heavy atom. The quantitative estimate of drug-likeness (QED) is 0.835. The highest BCUT2D eigenvalue weighted by molar-refractivity contribution is 6.14.